The summed E-state index contributed by atoms with van der Waals surface area (Å²) in [5, 5.41) is 8.39. The van der Waals surface area contributed by atoms with Crippen molar-refractivity contribution in [1.29, 1.82) is 0 Å². The van der Waals surface area contributed by atoms with Crippen molar-refractivity contribution < 1.29 is 24.0 Å². The van der Waals surface area contributed by atoms with Crippen LogP contribution in [0.4, 0.5) is 0 Å². The Balaban J connectivity index is 1.69. The molecule has 1 heterocycles. The highest BCUT2D eigenvalue weighted by Gasteiger charge is 2.40. The number of hydrogen-bond donors (Lipinski definition) is 5. The topological polar surface area (TPSA) is 177 Å². The van der Waals surface area contributed by atoms with Gasteiger partial charge in [-0.2, -0.15) is 0 Å². The van der Waals surface area contributed by atoms with Gasteiger partial charge in [-0.15, -0.1) is 0 Å². The fourth-order valence-corrected chi connectivity index (χ4v) is 5.50. The van der Waals surface area contributed by atoms with Crippen molar-refractivity contribution in [3.05, 3.63) is 71.8 Å². The van der Waals surface area contributed by atoms with Gasteiger partial charge in [-0.1, -0.05) is 94.8 Å². The minimum atomic E-state index is -0.961. The van der Waals surface area contributed by atoms with Gasteiger partial charge in [0, 0.05) is 13.0 Å². The predicted molar refractivity (Wildman–Crippen MR) is 172 cm³/mol. The van der Waals surface area contributed by atoms with E-state index in [0.717, 1.165) is 11.1 Å². The van der Waals surface area contributed by atoms with Gasteiger partial charge in [-0.25, -0.2) is 0 Å². The first kappa shape index (κ1) is 35.2. The monoisotopic (exact) mass is 620 g/mol. The fourth-order valence-electron chi connectivity index (χ4n) is 5.50. The number of nitrogens with two attached hydrogens (primary N) is 2. The first-order valence-electron chi connectivity index (χ1n) is 15.8. The van der Waals surface area contributed by atoms with E-state index < -0.39 is 53.8 Å². The second-order valence-corrected chi connectivity index (χ2v) is 12.2. The van der Waals surface area contributed by atoms with E-state index >= 15 is 0 Å². The molecule has 11 nitrogen and oxygen atoms in total. The van der Waals surface area contributed by atoms with Gasteiger partial charge >= 0.3 is 0 Å². The number of benzene rings is 2. The number of rotatable bonds is 15. The lowest BCUT2D eigenvalue weighted by molar-refractivity contribution is -0.143. The van der Waals surface area contributed by atoms with Crippen molar-refractivity contribution in [1.82, 2.24) is 20.9 Å². The molecule has 0 unspecified atom stereocenters. The number of nitrogens with zero attached hydrogens (tertiary/aromatic N) is 1. The molecular formula is C34H48N6O5. The van der Waals surface area contributed by atoms with E-state index in [1.807, 2.05) is 88.4 Å². The zero-order valence-corrected chi connectivity index (χ0v) is 26.7. The number of hydrogen-bond acceptors (Lipinski definition) is 6. The Kier molecular flexibility index (Phi) is 13.1. The van der Waals surface area contributed by atoms with Gasteiger partial charge in [-0.3, -0.25) is 24.0 Å². The Bertz CT molecular complexity index is 1300. The van der Waals surface area contributed by atoms with E-state index in [0.29, 0.717) is 32.2 Å². The largest absolute Gasteiger partial charge is 0.368 e. The molecule has 1 aliphatic rings. The summed E-state index contributed by atoms with van der Waals surface area (Å²) in [7, 11) is 0. The second kappa shape index (κ2) is 16.7. The highest BCUT2D eigenvalue weighted by atomic mass is 16.2. The van der Waals surface area contributed by atoms with Crippen LogP contribution in [0.3, 0.4) is 0 Å². The summed E-state index contributed by atoms with van der Waals surface area (Å²) in [6, 6.07) is 14.1. The molecule has 7 N–H and O–H groups in total. The van der Waals surface area contributed by atoms with Gasteiger partial charge in [-0.05, 0) is 42.2 Å². The van der Waals surface area contributed by atoms with Gasteiger partial charge in [0.2, 0.25) is 29.5 Å². The molecular weight excluding hydrogens is 572 g/mol. The quantitative estimate of drug-likeness (QED) is 0.201. The number of primary amides is 1. The van der Waals surface area contributed by atoms with Crippen LogP contribution in [0, 0.1) is 11.8 Å². The molecule has 2 aromatic rings. The van der Waals surface area contributed by atoms with Crippen LogP contribution in [0.15, 0.2) is 60.7 Å². The van der Waals surface area contributed by atoms with Gasteiger partial charge in [0.15, 0.2) is 0 Å². The van der Waals surface area contributed by atoms with Crippen molar-refractivity contribution in [2.24, 2.45) is 23.3 Å². The van der Waals surface area contributed by atoms with E-state index in [1.54, 1.807) is 0 Å². The molecule has 6 atom stereocenters. The lowest BCUT2D eigenvalue weighted by Gasteiger charge is -2.32. The Labute approximate surface area is 265 Å². The second-order valence-electron chi connectivity index (χ2n) is 12.2. The molecule has 1 aliphatic heterocycles. The lowest BCUT2D eigenvalue weighted by atomic mass is 9.96. The summed E-state index contributed by atoms with van der Waals surface area (Å²) in [5.41, 5.74) is 13.5. The van der Waals surface area contributed by atoms with Crippen LogP contribution in [0.25, 0.3) is 0 Å². The first-order valence-corrected chi connectivity index (χ1v) is 15.8. The Morgan fingerprint density at radius 3 is 1.93 bits per heavy atom. The van der Waals surface area contributed by atoms with Crippen LogP contribution in [-0.4, -0.2) is 71.2 Å². The normalized spacial score (nSPS) is 17.9. The minimum Gasteiger partial charge on any atom is -0.368 e. The third-order valence-corrected chi connectivity index (χ3v) is 8.44. The molecule has 1 saturated heterocycles. The summed E-state index contributed by atoms with van der Waals surface area (Å²) in [6.45, 7) is 7.72. The van der Waals surface area contributed by atoms with Crippen LogP contribution in [-0.2, 0) is 36.8 Å². The molecule has 0 bridgehead atoms. The Morgan fingerprint density at radius 2 is 1.40 bits per heavy atom. The van der Waals surface area contributed by atoms with E-state index in [1.165, 1.54) is 4.90 Å². The third-order valence-electron chi connectivity index (χ3n) is 8.44. The summed E-state index contributed by atoms with van der Waals surface area (Å²) in [6.07, 6.45) is 2.12. The molecule has 1 fully saturated rings. The molecule has 2 aromatic carbocycles. The standard InChI is InChI=1S/C34H48N6O5/c1-5-22(4)29(33(44)37-26(30(36)41)20-24-15-10-7-11-16-24)39-32(43)27-17-12-18-40(27)34(45)28(21(2)3)38-31(42)25(35)19-23-13-8-6-9-14-23/h6-11,13-16,21-22,25-29H,5,12,17-20,35H2,1-4H3,(H2,36,41)(H,37,44)(H,38,42)(H,39,43)/t22-,25-,26-,27-,28-,29-/m0/s1. The fraction of sp³-hybridized carbons (Fsp3) is 0.500. The van der Waals surface area contributed by atoms with Crippen molar-refractivity contribution >= 4 is 29.5 Å². The van der Waals surface area contributed by atoms with Crippen LogP contribution in [0.2, 0.25) is 0 Å². The number of likely N-dealkylation sites (tertiary alicyclic amines) is 1. The molecule has 0 aromatic heterocycles. The highest BCUT2D eigenvalue weighted by Crippen LogP contribution is 2.22. The Morgan fingerprint density at radius 1 is 0.822 bits per heavy atom. The van der Waals surface area contributed by atoms with Crippen molar-refractivity contribution in [2.75, 3.05) is 6.54 Å². The molecule has 0 aliphatic carbocycles. The Hall–Kier alpha value is -4.25. The lowest BCUT2D eigenvalue weighted by Crippen LogP contribution is -2.60. The molecule has 45 heavy (non-hydrogen) atoms. The smallest absolute Gasteiger partial charge is 0.246 e. The molecule has 11 heteroatoms. The average Bonchev–Trinajstić information content (AvgIpc) is 3.52. The van der Waals surface area contributed by atoms with Gasteiger partial charge < -0.3 is 32.3 Å². The molecule has 244 valence electrons. The number of carbonyl (C=O) groups is 5. The van der Waals surface area contributed by atoms with Gasteiger partial charge in [0.05, 0.1) is 6.04 Å². The molecule has 0 spiro atoms. The average molecular weight is 621 g/mol. The van der Waals surface area contributed by atoms with Crippen molar-refractivity contribution in [3.63, 3.8) is 0 Å². The SMILES string of the molecule is CC[C@H](C)[C@H](NC(=O)[C@@H]1CCCN1C(=O)[C@@H](NC(=O)[C@@H](N)Cc1ccccc1)C(C)C)C(=O)N[C@@H](Cc1ccccc1)C(N)=O. The summed E-state index contributed by atoms with van der Waals surface area (Å²) in [4.78, 5) is 67.6. The zero-order valence-electron chi connectivity index (χ0n) is 26.7. The highest BCUT2D eigenvalue weighted by molar-refractivity contribution is 5.96. The zero-order chi connectivity index (χ0) is 33.1. The van der Waals surface area contributed by atoms with Crippen molar-refractivity contribution in [3.8, 4) is 0 Å². The van der Waals surface area contributed by atoms with E-state index in [4.69, 9.17) is 11.5 Å². The molecule has 0 saturated carbocycles. The number of nitrogens with one attached hydrogen (secondary N) is 3. The molecule has 5 amide bonds. The maximum absolute atomic E-state index is 13.8. The van der Waals surface area contributed by atoms with Crippen molar-refractivity contribution in [2.45, 2.75) is 90.0 Å². The third kappa shape index (κ3) is 9.87. The molecule has 0 radical (unpaired) electrons. The summed E-state index contributed by atoms with van der Waals surface area (Å²) in [5.74, 6) is -3.01. The maximum atomic E-state index is 13.8. The summed E-state index contributed by atoms with van der Waals surface area (Å²) >= 11 is 0. The number of amides is 5. The van der Waals surface area contributed by atoms with Gasteiger partial charge in [0.1, 0.15) is 24.2 Å². The van der Waals surface area contributed by atoms with E-state index in [-0.39, 0.29) is 24.2 Å². The summed E-state index contributed by atoms with van der Waals surface area (Å²) < 4.78 is 0. The maximum Gasteiger partial charge on any atom is 0.246 e. The van der Waals surface area contributed by atoms with Crippen LogP contribution in [0.5, 0.6) is 0 Å². The number of carbonyl (C=O) groups excluding carboxylic acids is 5. The van der Waals surface area contributed by atoms with E-state index in [2.05, 4.69) is 16.0 Å². The van der Waals surface area contributed by atoms with Crippen LogP contribution < -0.4 is 27.4 Å². The molecule has 3 rings (SSSR count). The van der Waals surface area contributed by atoms with E-state index in [9.17, 15) is 24.0 Å². The minimum absolute atomic E-state index is 0.214. The first-order chi connectivity index (χ1) is 21.4. The predicted octanol–water partition coefficient (Wildman–Crippen LogP) is 1.43. The van der Waals surface area contributed by atoms with Crippen LogP contribution in [0.1, 0.15) is 58.1 Å². The van der Waals surface area contributed by atoms with Gasteiger partial charge in [0.25, 0.3) is 0 Å². The van der Waals surface area contributed by atoms with Crippen LogP contribution >= 0.6 is 0 Å².